The Kier molecular flexibility index (Phi) is 11.3. The first-order valence-electron chi connectivity index (χ1n) is 17.6. The molecule has 4 atom stereocenters. The fourth-order valence-electron chi connectivity index (χ4n) is 6.81. The summed E-state index contributed by atoms with van der Waals surface area (Å²) < 4.78 is 6.01. The van der Waals surface area contributed by atoms with E-state index in [0.29, 0.717) is 12.0 Å². The second kappa shape index (κ2) is 15.9. The van der Waals surface area contributed by atoms with Crippen LogP contribution in [-0.4, -0.2) is 64.5 Å². The van der Waals surface area contributed by atoms with Gasteiger partial charge in [-0.15, -0.1) is 11.3 Å². The zero-order valence-electron chi connectivity index (χ0n) is 30.3. The van der Waals surface area contributed by atoms with Crippen LogP contribution in [0.2, 0.25) is 0 Å². The molecular formula is C42H46N4O6S. The van der Waals surface area contributed by atoms with Crippen LogP contribution < -0.4 is 16.1 Å². The molecule has 1 aliphatic carbocycles. The Bertz CT molecular complexity index is 2030. The minimum atomic E-state index is -2.07. The number of benzene rings is 4. The van der Waals surface area contributed by atoms with Crippen molar-refractivity contribution in [1.29, 1.82) is 0 Å². The van der Waals surface area contributed by atoms with Crippen LogP contribution in [0, 0.1) is 5.41 Å². The third-order valence-electron chi connectivity index (χ3n) is 9.59. The second-order valence-electron chi connectivity index (χ2n) is 14.7. The van der Waals surface area contributed by atoms with Crippen molar-refractivity contribution < 1.29 is 29.3 Å². The number of aliphatic hydroxyl groups is 2. The number of rotatable bonds is 12. The minimum Gasteiger partial charge on any atom is -0.453 e. The number of methoxy groups -OCH3 is 1. The van der Waals surface area contributed by atoms with E-state index in [0.717, 1.165) is 27.1 Å². The van der Waals surface area contributed by atoms with Crippen LogP contribution in [0.15, 0.2) is 109 Å². The molecule has 0 aliphatic heterocycles. The molecule has 0 spiro atoms. The van der Waals surface area contributed by atoms with E-state index in [1.807, 2.05) is 112 Å². The topological polar surface area (TPSA) is 140 Å². The zero-order valence-corrected chi connectivity index (χ0v) is 31.2. The van der Waals surface area contributed by atoms with Crippen molar-refractivity contribution in [2.45, 2.75) is 63.9 Å². The van der Waals surface area contributed by atoms with E-state index >= 15 is 0 Å². The van der Waals surface area contributed by atoms with Crippen molar-refractivity contribution in [3.8, 4) is 10.4 Å². The first-order valence-corrected chi connectivity index (χ1v) is 18.5. The Balaban J connectivity index is 1.32. The average Bonchev–Trinajstić information content (AvgIpc) is 3.71. The van der Waals surface area contributed by atoms with Gasteiger partial charge in [0.05, 0.1) is 25.8 Å². The molecule has 0 bridgehead atoms. The lowest BCUT2D eigenvalue weighted by molar-refractivity contribution is -0.147. The summed E-state index contributed by atoms with van der Waals surface area (Å²) in [5.74, 6) is -1.24. The molecule has 5 N–H and O–H groups in total. The number of thiophene rings is 1. The molecule has 4 aromatic carbocycles. The highest BCUT2D eigenvalue weighted by Crippen LogP contribution is 2.34. The number of carbonyl (C=O) groups is 3. The van der Waals surface area contributed by atoms with Crippen LogP contribution in [0.4, 0.5) is 4.79 Å². The van der Waals surface area contributed by atoms with Gasteiger partial charge in [0.25, 0.3) is 11.8 Å². The molecule has 0 fully saturated rings. The Labute approximate surface area is 313 Å². The first kappa shape index (κ1) is 37.7. The summed E-state index contributed by atoms with van der Waals surface area (Å²) in [7, 11) is 1.23. The quantitative estimate of drug-likeness (QED) is 0.100. The fourth-order valence-corrected chi connectivity index (χ4v) is 7.88. The highest BCUT2D eigenvalue weighted by molar-refractivity contribution is 7.22. The van der Waals surface area contributed by atoms with E-state index in [4.69, 9.17) is 4.74 Å². The van der Waals surface area contributed by atoms with Gasteiger partial charge >= 0.3 is 6.09 Å². The smallest absolute Gasteiger partial charge is 0.407 e. The summed E-state index contributed by atoms with van der Waals surface area (Å²) in [4.78, 5) is 41.8. The van der Waals surface area contributed by atoms with Crippen molar-refractivity contribution in [2.24, 2.45) is 5.41 Å². The summed E-state index contributed by atoms with van der Waals surface area (Å²) in [6.45, 7) is 5.24. The number of hydrazine groups is 1. The number of fused-ring (bicyclic) bond motifs is 2. The normalized spacial score (nSPS) is 17.1. The number of alkyl carbamates (subject to hydrolysis) is 1. The highest BCUT2D eigenvalue weighted by Gasteiger charge is 2.43. The third kappa shape index (κ3) is 8.94. The molecule has 3 amide bonds. The summed E-state index contributed by atoms with van der Waals surface area (Å²) in [6.07, 6.45) is -1.34. The molecule has 10 nitrogen and oxygen atoms in total. The van der Waals surface area contributed by atoms with Gasteiger partial charge in [0.2, 0.25) is 0 Å². The van der Waals surface area contributed by atoms with Crippen molar-refractivity contribution in [3.05, 3.63) is 131 Å². The number of amides is 3. The lowest BCUT2D eigenvalue weighted by Crippen LogP contribution is -2.62. The van der Waals surface area contributed by atoms with E-state index < -0.39 is 47.1 Å². The number of ether oxygens (including phenoxy) is 1. The number of aliphatic hydroxyl groups excluding tert-OH is 1. The van der Waals surface area contributed by atoms with Crippen molar-refractivity contribution in [1.82, 2.24) is 21.1 Å². The predicted molar refractivity (Wildman–Crippen MR) is 207 cm³/mol. The van der Waals surface area contributed by atoms with Gasteiger partial charge in [-0.2, -0.15) is 0 Å². The molecule has 53 heavy (non-hydrogen) atoms. The third-order valence-corrected chi connectivity index (χ3v) is 10.8. The summed E-state index contributed by atoms with van der Waals surface area (Å²) in [5.41, 5.74) is 4.39. The van der Waals surface area contributed by atoms with Gasteiger partial charge < -0.3 is 25.6 Å². The van der Waals surface area contributed by atoms with Crippen LogP contribution >= 0.6 is 11.3 Å². The van der Waals surface area contributed by atoms with Crippen LogP contribution in [-0.2, 0) is 33.7 Å². The van der Waals surface area contributed by atoms with Crippen molar-refractivity contribution in [3.63, 3.8) is 0 Å². The number of carbonyl (C=O) groups excluding carboxylic acids is 3. The summed E-state index contributed by atoms with van der Waals surface area (Å²) in [6, 6.07) is 33.2. The minimum absolute atomic E-state index is 0.0789. The second-order valence-corrected chi connectivity index (χ2v) is 15.8. The van der Waals surface area contributed by atoms with Gasteiger partial charge in [0.15, 0.2) is 5.60 Å². The van der Waals surface area contributed by atoms with E-state index in [1.54, 1.807) is 11.3 Å². The van der Waals surface area contributed by atoms with E-state index in [1.165, 1.54) is 22.2 Å². The van der Waals surface area contributed by atoms with Crippen molar-refractivity contribution >= 4 is 39.3 Å². The van der Waals surface area contributed by atoms with Gasteiger partial charge in [-0.05, 0) is 50.8 Å². The highest BCUT2D eigenvalue weighted by atomic mass is 32.1. The van der Waals surface area contributed by atoms with Crippen molar-refractivity contribution in [2.75, 3.05) is 13.7 Å². The van der Waals surface area contributed by atoms with Gasteiger partial charge in [0.1, 0.15) is 6.04 Å². The molecule has 0 saturated carbocycles. The van der Waals surface area contributed by atoms with Gasteiger partial charge in [-0.25, -0.2) is 9.80 Å². The first-order chi connectivity index (χ1) is 25.3. The summed E-state index contributed by atoms with van der Waals surface area (Å²) >= 11 is 1.70. The number of hydrogen-bond acceptors (Lipinski definition) is 8. The molecule has 11 heteroatoms. The molecule has 0 saturated heterocycles. The Morgan fingerprint density at radius 2 is 1.58 bits per heavy atom. The molecule has 6 rings (SSSR count). The van der Waals surface area contributed by atoms with Gasteiger partial charge in [0, 0.05) is 29.0 Å². The fraction of sp³-hybridized carbons (Fsp3) is 0.310. The maximum absolute atomic E-state index is 14.3. The number of hydrogen-bond donors (Lipinski definition) is 5. The summed E-state index contributed by atoms with van der Waals surface area (Å²) in [5, 5.41) is 31.7. The predicted octanol–water partition coefficient (Wildman–Crippen LogP) is 5.92. The van der Waals surface area contributed by atoms with Crippen LogP contribution in [0.1, 0.15) is 49.1 Å². The van der Waals surface area contributed by atoms with Gasteiger partial charge in [-0.1, -0.05) is 118 Å². The number of nitrogens with one attached hydrogen (secondary N) is 3. The molecule has 0 radical (unpaired) electrons. The molecular weight excluding hydrogens is 689 g/mol. The van der Waals surface area contributed by atoms with E-state index in [-0.39, 0.29) is 19.5 Å². The lowest BCUT2D eigenvalue weighted by Gasteiger charge is -2.37. The van der Waals surface area contributed by atoms with E-state index in [9.17, 15) is 24.6 Å². The maximum Gasteiger partial charge on any atom is 0.407 e. The van der Waals surface area contributed by atoms with Crippen LogP contribution in [0.25, 0.3) is 20.5 Å². The number of nitrogens with zero attached hydrogens (tertiary/aromatic N) is 1. The van der Waals surface area contributed by atoms with Crippen LogP contribution in [0.3, 0.4) is 0 Å². The Hall–Kier alpha value is -5.07. The van der Waals surface area contributed by atoms with E-state index in [2.05, 4.69) is 34.3 Å². The zero-order chi connectivity index (χ0) is 37.8. The largest absolute Gasteiger partial charge is 0.453 e. The standard InChI is InChI=1S/C42H46N4O6S/c1-41(2,3)37(44-40(50)52-4)38(48)45-46(25-28-18-20-29(21-19-28)35-23-31-15-9-11-17-34(31)53-35)26-42(51,24-27-12-6-5-7-13-27)39(49)43-36-32-16-10-8-14-30(32)22-33(36)47/h5-21,23,33,36-37,47,51H,22,24-26H2,1-4H3,(H,43,49)(H,44,50)(H,45,48)/t33-,36+,37-,42-/m1/s1. The molecule has 1 aromatic heterocycles. The monoisotopic (exact) mass is 734 g/mol. The molecule has 1 heterocycles. The molecule has 276 valence electrons. The van der Waals surface area contributed by atoms with Gasteiger partial charge in [-0.3, -0.25) is 15.0 Å². The maximum atomic E-state index is 14.3. The molecule has 1 aliphatic rings. The lowest BCUT2D eigenvalue weighted by atomic mass is 9.86. The molecule has 0 unspecified atom stereocenters. The molecule has 5 aromatic rings. The Morgan fingerprint density at radius 1 is 0.906 bits per heavy atom. The average molecular weight is 735 g/mol. The SMILES string of the molecule is COC(=O)N[C@H](C(=O)NN(Cc1ccc(-c2cc3ccccc3s2)cc1)C[C@](O)(Cc1ccccc1)C(=O)N[C@H]1c2ccccc2C[C@H]1O)C(C)(C)C. The Morgan fingerprint density at radius 3 is 2.28 bits per heavy atom. The van der Waals surface area contributed by atoms with Crippen LogP contribution in [0.5, 0.6) is 0 Å².